The zero-order chi connectivity index (χ0) is 32.5. The number of aliphatic hydroxyl groups is 4. The predicted molar refractivity (Wildman–Crippen MR) is 168 cm³/mol. The molecule has 0 spiro atoms. The molecule has 0 heterocycles. The van der Waals surface area contributed by atoms with Gasteiger partial charge < -0.3 is 29.9 Å². The molecule has 4 N–H and O–H groups in total. The molecule has 0 aliphatic heterocycles. The molecule has 44 heavy (non-hydrogen) atoms. The van der Waals surface area contributed by atoms with Crippen LogP contribution in [0.4, 0.5) is 0 Å². The number of unbranched alkanes of at least 4 members (excludes halogenated alkanes) is 10. The molecule has 250 valence electrons. The molecule has 8 heteroatoms. The molecule has 0 aromatic heterocycles. The Morgan fingerprint density at radius 1 is 0.955 bits per heavy atom. The molecule has 0 radical (unpaired) electrons. The van der Waals surface area contributed by atoms with Gasteiger partial charge in [0.2, 0.25) is 0 Å². The number of rotatable bonds is 15. The van der Waals surface area contributed by atoms with Crippen LogP contribution >= 0.6 is 0 Å². The minimum atomic E-state index is -1.74. The highest BCUT2D eigenvalue weighted by atomic mass is 16.6. The van der Waals surface area contributed by atoms with Gasteiger partial charge in [-0.2, -0.15) is 0 Å². The fourth-order valence-corrected chi connectivity index (χ4v) is 9.36. The summed E-state index contributed by atoms with van der Waals surface area (Å²) in [5, 5.41) is 46.0. The van der Waals surface area contributed by atoms with Gasteiger partial charge in [-0.15, -0.1) is 0 Å². The number of esters is 2. The molecule has 2 fully saturated rings. The van der Waals surface area contributed by atoms with Crippen LogP contribution in [0.3, 0.4) is 0 Å². The molecular weight excluding hydrogens is 560 g/mol. The highest BCUT2D eigenvalue weighted by molar-refractivity contribution is 5.71. The quantitative estimate of drug-likeness (QED) is 0.107. The van der Waals surface area contributed by atoms with E-state index in [1.165, 1.54) is 51.9 Å². The summed E-state index contributed by atoms with van der Waals surface area (Å²) in [6.07, 6.45) is 14.5. The van der Waals surface area contributed by atoms with Crippen LogP contribution in [0, 0.1) is 29.1 Å². The molecule has 8 nitrogen and oxygen atoms in total. The zero-order valence-corrected chi connectivity index (χ0v) is 27.9. The summed E-state index contributed by atoms with van der Waals surface area (Å²) in [4.78, 5) is 25.9. The van der Waals surface area contributed by atoms with E-state index in [0.29, 0.717) is 17.6 Å². The Kier molecular flexibility index (Phi) is 10.8. The van der Waals surface area contributed by atoms with Crippen LogP contribution in [0.5, 0.6) is 0 Å². The fourth-order valence-electron chi connectivity index (χ4n) is 9.36. The monoisotopic (exact) mass is 618 g/mol. The van der Waals surface area contributed by atoms with E-state index < -0.39 is 64.1 Å². The summed E-state index contributed by atoms with van der Waals surface area (Å²) < 4.78 is 12.3. The Balaban J connectivity index is 1.50. The van der Waals surface area contributed by atoms with Crippen molar-refractivity contribution in [3.8, 4) is 0 Å². The Morgan fingerprint density at radius 3 is 2.07 bits per heavy atom. The summed E-state index contributed by atoms with van der Waals surface area (Å²) >= 11 is 0. The van der Waals surface area contributed by atoms with Gasteiger partial charge in [-0.1, -0.05) is 104 Å². The van der Waals surface area contributed by atoms with Gasteiger partial charge >= 0.3 is 11.9 Å². The van der Waals surface area contributed by atoms with Gasteiger partial charge in [0.1, 0.15) is 17.8 Å². The molecular formula is C36H58O8. The van der Waals surface area contributed by atoms with E-state index in [2.05, 4.69) is 6.92 Å². The zero-order valence-electron chi connectivity index (χ0n) is 27.9. The van der Waals surface area contributed by atoms with Crippen molar-refractivity contribution in [1.29, 1.82) is 0 Å². The second-order valence-electron chi connectivity index (χ2n) is 14.9. The lowest BCUT2D eigenvalue weighted by atomic mass is 9.59. The van der Waals surface area contributed by atoms with Crippen LogP contribution in [0.15, 0.2) is 23.3 Å². The number of carbonyl (C=O) groups is 2. The van der Waals surface area contributed by atoms with Crippen molar-refractivity contribution >= 4 is 11.9 Å². The molecule has 2 saturated carbocycles. The lowest BCUT2D eigenvalue weighted by Crippen LogP contribution is -2.66. The first kappa shape index (κ1) is 35.1. The van der Waals surface area contributed by atoms with Crippen molar-refractivity contribution in [2.75, 3.05) is 6.61 Å². The summed E-state index contributed by atoms with van der Waals surface area (Å²) in [5.74, 6) is -3.58. The number of fused-ring (bicyclic) bond motifs is 5. The van der Waals surface area contributed by atoms with Crippen molar-refractivity contribution in [1.82, 2.24) is 0 Å². The van der Waals surface area contributed by atoms with Crippen molar-refractivity contribution in [2.45, 2.75) is 154 Å². The van der Waals surface area contributed by atoms with Crippen LogP contribution in [-0.2, 0) is 19.1 Å². The average molecular weight is 619 g/mol. The Bertz CT molecular complexity index is 1110. The summed E-state index contributed by atoms with van der Waals surface area (Å²) in [6.45, 7) is 10.7. The van der Waals surface area contributed by atoms with Gasteiger partial charge in [0.15, 0.2) is 5.60 Å². The SMILES string of the molecule is CCCCCCCCCCCCCC(=O)O[C@@H]1[C@@H](C)[C@]2(O)[C@@H]3C=C(C)[C@H](O)[C@@]3(O)CC(CO)=C[C@H]2[C@@H]2C(C)(C)[C@]12OC(C)=O. The van der Waals surface area contributed by atoms with Gasteiger partial charge in [-0.3, -0.25) is 9.59 Å². The van der Waals surface area contributed by atoms with Gasteiger partial charge in [-0.25, -0.2) is 0 Å². The Hall–Kier alpha value is -1.74. The first-order valence-corrected chi connectivity index (χ1v) is 17.2. The van der Waals surface area contributed by atoms with Crippen LogP contribution in [0.1, 0.15) is 125 Å². The lowest BCUT2D eigenvalue weighted by molar-refractivity contribution is -0.234. The van der Waals surface area contributed by atoms with E-state index in [1.54, 1.807) is 19.9 Å². The van der Waals surface area contributed by atoms with Crippen LogP contribution in [0.25, 0.3) is 0 Å². The second kappa shape index (κ2) is 13.5. The smallest absolute Gasteiger partial charge is 0.306 e. The maximum atomic E-state index is 13.4. The number of hydrogen-bond acceptors (Lipinski definition) is 8. The first-order valence-electron chi connectivity index (χ1n) is 17.2. The third kappa shape index (κ3) is 5.93. The van der Waals surface area contributed by atoms with E-state index in [-0.39, 0.29) is 25.4 Å². The lowest BCUT2D eigenvalue weighted by Gasteiger charge is -2.53. The van der Waals surface area contributed by atoms with E-state index in [4.69, 9.17) is 9.47 Å². The summed E-state index contributed by atoms with van der Waals surface area (Å²) in [5.41, 5.74) is -4.15. The average Bonchev–Trinajstić information content (AvgIpc) is 3.38. The minimum Gasteiger partial charge on any atom is -0.458 e. The van der Waals surface area contributed by atoms with Gasteiger partial charge in [0.05, 0.1) is 12.2 Å². The molecule has 0 aromatic rings. The molecule has 0 aromatic carbocycles. The standard InChI is InChI=1S/C36H58O8/c1-7-8-9-10-11-12-13-14-15-16-17-18-29(39)43-32-24(3)35(42)27(30-33(5,6)36(30,32)44-25(4)38)20-26(22-37)21-34(41)28(35)19-23(2)31(34)40/h19-20,24,27-28,30-32,37,40-42H,7-18,21-22H2,1-6H3/t24-,27+,28-,30-,31+,32-,34-,35-,36-/m1/s1. The molecule has 0 saturated heterocycles. The van der Waals surface area contributed by atoms with E-state index >= 15 is 0 Å². The van der Waals surface area contributed by atoms with Crippen molar-refractivity contribution in [3.63, 3.8) is 0 Å². The summed E-state index contributed by atoms with van der Waals surface area (Å²) in [7, 11) is 0. The normalized spacial score (nSPS) is 38.4. The van der Waals surface area contributed by atoms with Gasteiger partial charge in [0, 0.05) is 48.9 Å². The maximum Gasteiger partial charge on any atom is 0.306 e. The number of aliphatic hydroxyl groups excluding tert-OH is 2. The highest BCUT2D eigenvalue weighted by Gasteiger charge is 2.87. The number of ether oxygens (including phenoxy) is 2. The Morgan fingerprint density at radius 2 is 1.52 bits per heavy atom. The maximum absolute atomic E-state index is 13.4. The molecule has 4 aliphatic rings. The third-order valence-corrected chi connectivity index (χ3v) is 11.7. The van der Waals surface area contributed by atoms with Gasteiger partial charge in [-0.05, 0) is 24.5 Å². The fraction of sp³-hybridized carbons (Fsp3) is 0.833. The Labute approximate surface area is 264 Å². The molecule has 4 rings (SSSR count). The van der Waals surface area contributed by atoms with Crippen LogP contribution < -0.4 is 0 Å². The van der Waals surface area contributed by atoms with Crippen molar-refractivity contribution < 1.29 is 39.5 Å². The molecule has 4 aliphatic carbocycles. The third-order valence-electron chi connectivity index (χ3n) is 11.7. The van der Waals surface area contributed by atoms with Crippen LogP contribution in [0.2, 0.25) is 0 Å². The van der Waals surface area contributed by atoms with Crippen LogP contribution in [-0.4, -0.2) is 68.0 Å². The molecule has 0 bridgehead atoms. The highest BCUT2D eigenvalue weighted by Crippen LogP contribution is 2.77. The minimum absolute atomic E-state index is 0.00821. The van der Waals surface area contributed by atoms with E-state index in [1.807, 2.05) is 19.9 Å². The predicted octanol–water partition coefficient (Wildman–Crippen LogP) is 5.54. The van der Waals surface area contributed by atoms with Crippen molar-refractivity contribution in [2.24, 2.45) is 29.1 Å². The van der Waals surface area contributed by atoms with E-state index in [0.717, 1.165) is 19.3 Å². The largest absolute Gasteiger partial charge is 0.458 e. The topological polar surface area (TPSA) is 134 Å². The number of hydrogen-bond donors (Lipinski definition) is 4. The van der Waals surface area contributed by atoms with Gasteiger partial charge in [0.25, 0.3) is 0 Å². The number of carbonyl (C=O) groups excluding carboxylic acids is 2. The van der Waals surface area contributed by atoms with E-state index in [9.17, 15) is 30.0 Å². The molecule has 0 amide bonds. The molecule has 0 unspecified atom stereocenters. The molecule has 9 atom stereocenters. The van der Waals surface area contributed by atoms with Crippen molar-refractivity contribution in [3.05, 3.63) is 23.3 Å². The summed E-state index contributed by atoms with van der Waals surface area (Å²) in [6, 6.07) is 0. The first-order chi connectivity index (χ1) is 20.7. The second-order valence-corrected chi connectivity index (χ2v) is 14.9.